The van der Waals surface area contributed by atoms with Crippen LogP contribution >= 0.6 is 21.6 Å². The fourth-order valence-corrected chi connectivity index (χ4v) is 4.41. The first-order valence-electron chi connectivity index (χ1n) is 9.79. The van der Waals surface area contributed by atoms with Gasteiger partial charge >= 0.3 is 12.1 Å². The quantitative estimate of drug-likeness (QED) is 0.311. The summed E-state index contributed by atoms with van der Waals surface area (Å²) in [6, 6.07) is -0.950. The van der Waals surface area contributed by atoms with Crippen LogP contribution in [0.5, 0.6) is 0 Å². The predicted octanol–water partition coefficient (Wildman–Crippen LogP) is 2.65. The van der Waals surface area contributed by atoms with Gasteiger partial charge in [-0.3, -0.25) is 20.2 Å². The molecule has 0 radical (unpaired) electrons. The third kappa shape index (κ3) is 12.1. The van der Waals surface area contributed by atoms with Crippen LogP contribution in [-0.2, 0) is 9.59 Å². The van der Waals surface area contributed by atoms with Crippen molar-refractivity contribution in [3.05, 3.63) is 0 Å². The lowest BCUT2D eigenvalue weighted by molar-refractivity contribution is -0.124. The van der Waals surface area contributed by atoms with E-state index in [2.05, 4.69) is 35.1 Å². The monoisotopic (exact) mass is 432 g/mol. The summed E-state index contributed by atoms with van der Waals surface area (Å²) in [4.78, 5) is 46.8. The van der Waals surface area contributed by atoms with Crippen molar-refractivity contribution in [3.8, 4) is 0 Å². The van der Waals surface area contributed by atoms with Crippen LogP contribution < -0.4 is 21.3 Å². The number of nitrogens with one attached hydrogen (secondary N) is 4. The van der Waals surface area contributed by atoms with Crippen LogP contribution in [0.3, 0.4) is 0 Å². The predicted molar refractivity (Wildman–Crippen MR) is 114 cm³/mol. The lowest BCUT2D eigenvalue weighted by atomic mass is 9.89. The highest BCUT2D eigenvalue weighted by molar-refractivity contribution is 8.76. The minimum atomic E-state index is -0.475. The minimum Gasteiger partial charge on any atom is -0.338 e. The Morgan fingerprint density at radius 1 is 0.893 bits per heavy atom. The molecule has 4 N–H and O–H groups in total. The number of imide groups is 2. The standard InChI is InChI=1S/C18H32N4O4S2/c1-13(2)8-9-19-17(25)21-15(23)12-28-27-11-10-20-18(26)22-16(24)14-6-4-3-5-7-14/h13-14H,3-12H2,1-2H3,(H2,19,21,23,25)(H2,20,22,24,26). The minimum absolute atomic E-state index is 0.0504. The Bertz CT molecular complexity index is 526. The molecule has 0 atom stereocenters. The molecule has 28 heavy (non-hydrogen) atoms. The molecule has 160 valence electrons. The highest BCUT2D eigenvalue weighted by atomic mass is 33.1. The lowest BCUT2D eigenvalue weighted by Crippen LogP contribution is -2.43. The summed E-state index contributed by atoms with van der Waals surface area (Å²) in [5, 5.41) is 9.94. The Balaban J connectivity index is 2.00. The summed E-state index contributed by atoms with van der Waals surface area (Å²) in [6.07, 6.45) is 5.80. The molecule has 8 nitrogen and oxygen atoms in total. The van der Waals surface area contributed by atoms with Gasteiger partial charge in [-0.05, 0) is 25.2 Å². The van der Waals surface area contributed by atoms with E-state index < -0.39 is 12.1 Å². The normalized spacial score (nSPS) is 14.4. The smallest absolute Gasteiger partial charge is 0.321 e. The van der Waals surface area contributed by atoms with Crippen molar-refractivity contribution >= 4 is 45.5 Å². The van der Waals surface area contributed by atoms with Gasteiger partial charge in [-0.1, -0.05) is 54.7 Å². The molecule has 0 spiro atoms. The number of amides is 6. The Morgan fingerprint density at radius 2 is 1.54 bits per heavy atom. The lowest BCUT2D eigenvalue weighted by Gasteiger charge is -2.20. The summed E-state index contributed by atoms with van der Waals surface area (Å²) < 4.78 is 0. The van der Waals surface area contributed by atoms with Crippen molar-refractivity contribution in [2.45, 2.75) is 52.4 Å². The fraction of sp³-hybridized carbons (Fsp3) is 0.778. The van der Waals surface area contributed by atoms with Crippen molar-refractivity contribution < 1.29 is 19.2 Å². The second-order valence-corrected chi connectivity index (χ2v) is 9.73. The van der Waals surface area contributed by atoms with Crippen molar-refractivity contribution in [2.24, 2.45) is 11.8 Å². The Morgan fingerprint density at radius 3 is 2.21 bits per heavy atom. The number of hydrogen-bond acceptors (Lipinski definition) is 6. The van der Waals surface area contributed by atoms with E-state index in [4.69, 9.17) is 0 Å². The second-order valence-electron chi connectivity index (χ2n) is 7.15. The molecule has 0 bridgehead atoms. The largest absolute Gasteiger partial charge is 0.338 e. The number of carbonyl (C=O) groups excluding carboxylic acids is 4. The summed E-state index contributed by atoms with van der Waals surface area (Å²) in [7, 11) is 2.72. The average Bonchev–Trinajstić information content (AvgIpc) is 2.64. The Hall–Kier alpha value is -1.42. The maximum Gasteiger partial charge on any atom is 0.321 e. The van der Waals surface area contributed by atoms with E-state index in [0.29, 0.717) is 24.8 Å². The Kier molecular flexibility index (Phi) is 12.8. The van der Waals surface area contributed by atoms with Gasteiger partial charge in [-0.2, -0.15) is 0 Å². The van der Waals surface area contributed by atoms with E-state index in [1.807, 2.05) is 0 Å². The van der Waals surface area contributed by atoms with Gasteiger partial charge in [0.15, 0.2) is 0 Å². The topological polar surface area (TPSA) is 116 Å². The van der Waals surface area contributed by atoms with Gasteiger partial charge in [0, 0.05) is 24.8 Å². The number of hydrogen-bond donors (Lipinski definition) is 4. The SMILES string of the molecule is CC(C)CCNC(=O)NC(=O)CSSCCNC(=O)NC(=O)C1CCCCC1. The molecule has 0 aromatic rings. The van der Waals surface area contributed by atoms with Crippen LogP contribution in [-0.4, -0.2) is 48.5 Å². The fourth-order valence-electron chi connectivity index (χ4n) is 2.66. The molecule has 10 heteroatoms. The first-order valence-corrected chi connectivity index (χ1v) is 12.3. The van der Waals surface area contributed by atoms with Crippen LogP contribution in [0.4, 0.5) is 9.59 Å². The zero-order chi connectivity index (χ0) is 20.8. The van der Waals surface area contributed by atoms with Gasteiger partial charge in [0.25, 0.3) is 0 Å². The molecule has 0 aromatic heterocycles. The summed E-state index contributed by atoms with van der Waals surface area (Å²) >= 11 is 0. The molecule has 1 aliphatic carbocycles. The molecule has 0 heterocycles. The molecule has 0 saturated heterocycles. The summed E-state index contributed by atoms with van der Waals surface area (Å²) in [6.45, 7) is 5.05. The first kappa shape index (κ1) is 24.6. The molecule has 0 aromatic carbocycles. The van der Waals surface area contributed by atoms with Crippen LogP contribution in [0.1, 0.15) is 52.4 Å². The molecular formula is C18H32N4O4S2. The molecule has 6 amide bonds. The number of rotatable bonds is 10. The first-order chi connectivity index (χ1) is 13.4. The van der Waals surface area contributed by atoms with E-state index in [-0.39, 0.29) is 23.5 Å². The van der Waals surface area contributed by atoms with Gasteiger partial charge in [-0.25, -0.2) is 9.59 Å². The van der Waals surface area contributed by atoms with Crippen LogP contribution in [0.2, 0.25) is 0 Å². The number of carbonyl (C=O) groups is 4. The number of urea groups is 2. The zero-order valence-electron chi connectivity index (χ0n) is 16.7. The molecule has 1 aliphatic rings. The van der Waals surface area contributed by atoms with E-state index in [1.165, 1.54) is 21.6 Å². The second kappa shape index (κ2) is 14.6. The third-order valence-corrected chi connectivity index (χ3v) is 6.49. The van der Waals surface area contributed by atoms with E-state index >= 15 is 0 Å². The van der Waals surface area contributed by atoms with Gasteiger partial charge < -0.3 is 10.6 Å². The highest BCUT2D eigenvalue weighted by Gasteiger charge is 2.22. The zero-order valence-corrected chi connectivity index (χ0v) is 18.3. The highest BCUT2D eigenvalue weighted by Crippen LogP contribution is 2.23. The van der Waals surface area contributed by atoms with Crippen molar-refractivity contribution in [3.63, 3.8) is 0 Å². The maximum atomic E-state index is 11.9. The van der Waals surface area contributed by atoms with Crippen LogP contribution in [0.15, 0.2) is 0 Å². The third-order valence-electron chi connectivity index (χ3n) is 4.22. The van der Waals surface area contributed by atoms with Crippen molar-refractivity contribution in [1.29, 1.82) is 0 Å². The molecule has 0 unspecified atom stereocenters. The van der Waals surface area contributed by atoms with Gasteiger partial charge in [0.05, 0.1) is 5.75 Å². The summed E-state index contributed by atoms with van der Waals surface area (Å²) in [5.41, 5.74) is 0. The van der Waals surface area contributed by atoms with Crippen LogP contribution in [0.25, 0.3) is 0 Å². The summed E-state index contributed by atoms with van der Waals surface area (Å²) in [5.74, 6) is 0.624. The van der Waals surface area contributed by atoms with Crippen molar-refractivity contribution in [1.82, 2.24) is 21.3 Å². The molecule has 1 fully saturated rings. The van der Waals surface area contributed by atoms with Gasteiger partial charge in [0.1, 0.15) is 0 Å². The van der Waals surface area contributed by atoms with E-state index in [1.54, 1.807) is 0 Å². The van der Waals surface area contributed by atoms with Gasteiger partial charge in [-0.15, -0.1) is 0 Å². The van der Waals surface area contributed by atoms with E-state index in [9.17, 15) is 19.2 Å². The Labute approximate surface area is 174 Å². The van der Waals surface area contributed by atoms with Crippen molar-refractivity contribution in [2.75, 3.05) is 24.6 Å². The molecule has 1 rings (SSSR count). The molecular weight excluding hydrogens is 400 g/mol. The van der Waals surface area contributed by atoms with Gasteiger partial charge in [0.2, 0.25) is 11.8 Å². The average molecular weight is 433 g/mol. The molecule has 1 saturated carbocycles. The molecule has 0 aliphatic heterocycles. The maximum absolute atomic E-state index is 11.9. The van der Waals surface area contributed by atoms with Crippen LogP contribution in [0, 0.1) is 11.8 Å². The van der Waals surface area contributed by atoms with E-state index in [0.717, 1.165) is 38.5 Å².